The second kappa shape index (κ2) is 8.57. The normalized spacial score (nSPS) is 10.1. The lowest BCUT2D eigenvalue weighted by atomic mass is 10.2. The van der Waals surface area contributed by atoms with E-state index in [9.17, 15) is 4.79 Å². The number of rotatable bonds is 3. The summed E-state index contributed by atoms with van der Waals surface area (Å²) in [7, 11) is 0. The van der Waals surface area contributed by atoms with Crippen LogP contribution in [0.2, 0.25) is 0 Å². The molecule has 0 saturated heterocycles. The van der Waals surface area contributed by atoms with Crippen molar-refractivity contribution in [1.29, 1.82) is 0 Å². The van der Waals surface area contributed by atoms with E-state index >= 15 is 0 Å². The van der Waals surface area contributed by atoms with Gasteiger partial charge in [-0.3, -0.25) is 0 Å². The highest BCUT2D eigenvalue weighted by Crippen LogP contribution is 2.09. The van der Waals surface area contributed by atoms with E-state index in [0.717, 1.165) is 13.0 Å². The molecule has 15 heavy (non-hydrogen) atoms. The summed E-state index contributed by atoms with van der Waals surface area (Å²) in [4.78, 5) is 13.2. The van der Waals surface area contributed by atoms with Gasteiger partial charge in [0, 0.05) is 13.1 Å². The minimum atomic E-state index is -0.391. The summed E-state index contributed by atoms with van der Waals surface area (Å²) in [6.45, 7) is 15.1. The second-order valence-corrected chi connectivity index (χ2v) is 4.06. The van der Waals surface area contributed by atoms with E-state index in [4.69, 9.17) is 4.74 Å². The fourth-order valence-electron chi connectivity index (χ4n) is 0.975. The Morgan fingerprint density at radius 1 is 1.20 bits per heavy atom. The third-order valence-electron chi connectivity index (χ3n) is 1.53. The van der Waals surface area contributed by atoms with E-state index in [2.05, 4.69) is 0 Å². The molecule has 0 aliphatic carbocycles. The maximum atomic E-state index is 11.5. The molecule has 92 valence electrons. The Bertz CT molecular complexity index is 161. The zero-order valence-corrected chi connectivity index (χ0v) is 11.4. The molecule has 0 unspecified atom stereocenters. The molecule has 0 aromatic heterocycles. The van der Waals surface area contributed by atoms with Crippen molar-refractivity contribution in [2.24, 2.45) is 0 Å². The van der Waals surface area contributed by atoms with Gasteiger partial charge in [0.1, 0.15) is 5.60 Å². The molecule has 0 radical (unpaired) electrons. The van der Waals surface area contributed by atoms with Crippen molar-refractivity contribution >= 4 is 6.09 Å². The summed E-state index contributed by atoms with van der Waals surface area (Å²) in [5.41, 5.74) is -0.391. The fraction of sp³-hybridized carbons (Fsp3) is 0.917. The van der Waals surface area contributed by atoms with Crippen LogP contribution in [-0.4, -0.2) is 29.7 Å². The molecule has 0 heterocycles. The van der Waals surface area contributed by atoms with Crippen molar-refractivity contribution in [2.75, 3.05) is 13.1 Å². The van der Waals surface area contributed by atoms with Crippen molar-refractivity contribution in [1.82, 2.24) is 4.90 Å². The van der Waals surface area contributed by atoms with Crippen LogP contribution in [0.4, 0.5) is 4.79 Å². The molecule has 0 rings (SSSR count). The van der Waals surface area contributed by atoms with Crippen molar-refractivity contribution in [2.45, 2.75) is 60.5 Å². The van der Waals surface area contributed by atoms with Gasteiger partial charge in [0.2, 0.25) is 0 Å². The molecule has 0 aromatic rings. The van der Waals surface area contributed by atoms with Crippen LogP contribution in [0.3, 0.4) is 0 Å². The van der Waals surface area contributed by atoms with Gasteiger partial charge in [-0.15, -0.1) is 0 Å². The molecule has 0 saturated carbocycles. The molecule has 0 aliphatic rings. The molecule has 0 fully saturated rings. The topological polar surface area (TPSA) is 29.5 Å². The van der Waals surface area contributed by atoms with E-state index in [-0.39, 0.29) is 6.09 Å². The average Bonchev–Trinajstić information content (AvgIpc) is 2.14. The molecular weight excluding hydrogens is 190 g/mol. The Balaban J connectivity index is 0. The van der Waals surface area contributed by atoms with Gasteiger partial charge in [0.25, 0.3) is 0 Å². The van der Waals surface area contributed by atoms with Crippen LogP contribution in [0.1, 0.15) is 54.9 Å². The molecular formula is C12H27NO2. The lowest BCUT2D eigenvalue weighted by molar-refractivity contribution is 0.0260. The first-order valence-electron chi connectivity index (χ1n) is 5.88. The third-order valence-corrected chi connectivity index (χ3v) is 1.53. The number of nitrogens with zero attached hydrogens (tertiary/aromatic N) is 1. The molecule has 0 atom stereocenters. The molecule has 3 heteroatoms. The van der Waals surface area contributed by atoms with E-state index < -0.39 is 5.60 Å². The number of amides is 1. The lowest BCUT2D eigenvalue weighted by Crippen LogP contribution is -2.37. The van der Waals surface area contributed by atoms with Crippen LogP contribution in [0.25, 0.3) is 0 Å². The van der Waals surface area contributed by atoms with Crippen molar-refractivity contribution in [3.8, 4) is 0 Å². The molecule has 0 spiro atoms. The van der Waals surface area contributed by atoms with E-state index in [0.29, 0.717) is 6.54 Å². The minimum Gasteiger partial charge on any atom is -0.444 e. The molecule has 3 nitrogen and oxygen atoms in total. The number of hydrogen-bond donors (Lipinski definition) is 0. The average molecular weight is 217 g/mol. The summed E-state index contributed by atoms with van der Waals surface area (Å²) >= 11 is 0. The number of carbonyl (C=O) groups is 1. The summed E-state index contributed by atoms with van der Waals surface area (Å²) in [5.74, 6) is 0. The highest BCUT2D eigenvalue weighted by atomic mass is 16.6. The summed E-state index contributed by atoms with van der Waals surface area (Å²) in [6.07, 6.45) is 0.754. The van der Waals surface area contributed by atoms with Crippen LogP contribution < -0.4 is 0 Å². The largest absolute Gasteiger partial charge is 0.444 e. The lowest BCUT2D eigenvalue weighted by Gasteiger charge is -2.26. The Morgan fingerprint density at radius 2 is 1.67 bits per heavy atom. The maximum absolute atomic E-state index is 11.5. The SMILES string of the molecule is CC.CCCN(CC)C(=O)OC(C)(C)C. The van der Waals surface area contributed by atoms with Gasteiger partial charge in [-0.2, -0.15) is 0 Å². The quantitative estimate of drug-likeness (QED) is 0.721. The Morgan fingerprint density at radius 3 is 1.93 bits per heavy atom. The summed E-state index contributed by atoms with van der Waals surface area (Å²) in [6, 6.07) is 0. The third kappa shape index (κ3) is 9.57. The van der Waals surface area contributed by atoms with Crippen LogP contribution in [-0.2, 0) is 4.74 Å². The standard InChI is InChI=1S/C10H21NO2.C2H6/c1-6-8-11(7-2)9(12)13-10(3,4)5;1-2/h6-8H2,1-5H3;1-2H3. The molecule has 1 amide bonds. The molecule has 0 bridgehead atoms. The molecule has 0 aliphatic heterocycles. The smallest absolute Gasteiger partial charge is 0.410 e. The monoisotopic (exact) mass is 217 g/mol. The van der Waals surface area contributed by atoms with Gasteiger partial charge in [-0.05, 0) is 34.1 Å². The van der Waals surface area contributed by atoms with Crippen LogP contribution >= 0.6 is 0 Å². The first-order chi connectivity index (χ1) is 6.90. The maximum Gasteiger partial charge on any atom is 0.410 e. The molecule has 0 aromatic carbocycles. The van der Waals surface area contributed by atoms with Crippen LogP contribution in [0.15, 0.2) is 0 Å². The summed E-state index contributed by atoms with van der Waals surface area (Å²) < 4.78 is 5.23. The van der Waals surface area contributed by atoms with E-state index in [1.807, 2.05) is 48.5 Å². The zero-order valence-electron chi connectivity index (χ0n) is 11.4. The van der Waals surface area contributed by atoms with Gasteiger partial charge in [-0.1, -0.05) is 20.8 Å². The first-order valence-corrected chi connectivity index (χ1v) is 5.88. The fourth-order valence-corrected chi connectivity index (χ4v) is 0.975. The van der Waals surface area contributed by atoms with Crippen molar-refractivity contribution in [3.63, 3.8) is 0 Å². The zero-order chi connectivity index (χ0) is 12.5. The van der Waals surface area contributed by atoms with Crippen LogP contribution in [0, 0.1) is 0 Å². The Kier molecular flexibility index (Phi) is 9.53. The van der Waals surface area contributed by atoms with Gasteiger partial charge in [0.15, 0.2) is 0 Å². The number of hydrogen-bond acceptors (Lipinski definition) is 2. The van der Waals surface area contributed by atoms with Gasteiger partial charge < -0.3 is 9.64 Å². The van der Waals surface area contributed by atoms with Crippen molar-refractivity contribution < 1.29 is 9.53 Å². The van der Waals surface area contributed by atoms with E-state index in [1.54, 1.807) is 4.90 Å². The predicted molar refractivity (Wildman–Crippen MR) is 65.1 cm³/mol. The first kappa shape index (κ1) is 16.7. The van der Waals surface area contributed by atoms with Crippen LogP contribution in [0.5, 0.6) is 0 Å². The summed E-state index contributed by atoms with van der Waals surface area (Å²) in [5, 5.41) is 0. The Hall–Kier alpha value is -0.730. The van der Waals surface area contributed by atoms with Gasteiger partial charge in [0.05, 0.1) is 0 Å². The molecule has 0 N–H and O–H groups in total. The number of carbonyl (C=O) groups excluding carboxylic acids is 1. The minimum absolute atomic E-state index is 0.211. The number of ether oxygens (including phenoxy) is 1. The second-order valence-electron chi connectivity index (χ2n) is 4.06. The van der Waals surface area contributed by atoms with Gasteiger partial charge >= 0.3 is 6.09 Å². The Labute approximate surface area is 94.8 Å². The van der Waals surface area contributed by atoms with Gasteiger partial charge in [-0.25, -0.2) is 4.79 Å². The van der Waals surface area contributed by atoms with Crippen molar-refractivity contribution in [3.05, 3.63) is 0 Å². The highest BCUT2D eigenvalue weighted by molar-refractivity contribution is 5.67. The highest BCUT2D eigenvalue weighted by Gasteiger charge is 2.19. The van der Waals surface area contributed by atoms with E-state index in [1.165, 1.54) is 0 Å². The predicted octanol–water partition coefficient (Wildman–Crippen LogP) is 3.68.